The number of aliphatic hydroxyl groups excluding tert-OH is 1. The molecule has 0 atom stereocenters. The molecule has 0 radical (unpaired) electrons. The monoisotopic (exact) mass is 338 g/mol. The van der Waals surface area contributed by atoms with Gasteiger partial charge in [-0.05, 0) is 37.8 Å². The predicted molar refractivity (Wildman–Crippen MR) is 96.7 cm³/mol. The summed E-state index contributed by atoms with van der Waals surface area (Å²) in [6.45, 7) is 0. The molecule has 0 aliphatic heterocycles. The van der Waals surface area contributed by atoms with Crippen LogP contribution < -0.4 is 10.6 Å². The smallest absolute Gasteiger partial charge is 0.319 e. The summed E-state index contributed by atoms with van der Waals surface area (Å²) in [4.78, 5) is 24.6. The van der Waals surface area contributed by atoms with Crippen LogP contribution in [0.15, 0.2) is 54.6 Å². The molecule has 0 spiro atoms. The lowest BCUT2D eigenvalue weighted by atomic mass is 9.93. The molecule has 3 rings (SSSR count). The molecule has 5 nitrogen and oxygen atoms in total. The van der Waals surface area contributed by atoms with Crippen molar-refractivity contribution >= 4 is 17.5 Å². The van der Waals surface area contributed by atoms with Crippen LogP contribution in [0.1, 0.15) is 41.6 Å². The first-order valence-electron chi connectivity index (χ1n) is 8.57. The van der Waals surface area contributed by atoms with Crippen LogP contribution in [0.2, 0.25) is 0 Å². The molecule has 0 bridgehead atoms. The van der Waals surface area contributed by atoms with Gasteiger partial charge in [0.1, 0.15) is 0 Å². The van der Waals surface area contributed by atoms with E-state index in [1.807, 2.05) is 18.2 Å². The third kappa shape index (κ3) is 4.67. The third-order valence-corrected chi connectivity index (χ3v) is 4.45. The molecule has 25 heavy (non-hydrogen) atoms. The average molecular weight is 338 g/mol. The maximum atomic E-state index is 12.5. The van der Waals surface area contributed by atoms with Crippen LogP contribution in [0.25, 0.3) is 0 Å². The van der Waals surface area contributed by atoms with Crippen molar-refractivity contribution in [1.82, 2.24) is 5.32 Å². The van der Waals surface area contributed by atoms with Crippen molar-refractivity contribution in [2.45, 2.75) is 37.8 Å². The van der Waals surface area contributed by atoms with E-state index in [-0.39, 0.29) is 24.0 Å². The molecule has 0 saturated heterocycles. The fourth-order valence-corrected chi connectivity index (χ4v) is 3.07. The van der Waals surface area contributed by atoms with Gasteiger partial charge in [0.25, 0.3) is 0 Å². The summed E-state index contributed by atoms with van der Waals surface area (Å²) in [6, 6.07) is 15.8. The molecule has 130 valence electrons. The van der Waals surface area contributed by atoms with Crippen LogP contribution >= 0.6 is 0 Å². The van der Waals surface area contributed by atoms with Crippen molar-refractivity contribution in [3.05, 3.63) is 65.7 Å². The Morgan fingerprint density at radius 1 is 0.880 bits per heavy atom. The number of urea groups is 1. The number of nitrogens with one attached hydrogen (secondary N) is 2. The highest BCUT2D eigenvalue weighted by Crippen LogP contribution is 2.19. The third-order valence-electron chi connectivity index (χ3n) is 4.45. The van der Waals surface area contributed by atoms with Gasteiger partial charge in [-0.25, -0.2) is 4.79 Å². The number of carbonyl (C=O) groups excluding carboxylic acids is 2. The number of aliphatic hydroxyl groups is 1. The van der Waals surface area contributed by atoms with Gasteiger partial charge in [0.05, 0.1) is 6.10 Å². The van der Waals surface area contributed by atoms with Gasteiger partial charge in [0.2, 0.25) is 0 Å². The second-order valence-electron chi connectivity index (χ2n) is 6.38. The molecule has 0 heterocycles. The number of hydrogen-bond acceptors (Lipinski definition) is 3. The fraction of sp³-hybridized carbons (Fsp3) is 0.300. The summed E-state index contributed by atoms with van der Waals surface area (Å²) in [5.41, 5.74) is 1.73. The molecule has 2 aromatic carbocycles. The number of amides is 2. The van der Waals surface area contributed by atoms with Gasteiger partial charge in [-0.15, -0.1) is 0 Å². The molecule has 5 heteroatoms. The summed E-state index contributed by atoms with van der Waals surface area (Å²) in [7, 11) is 0. The second kappa shape index (κ2) is 7.94. The van der Waals surface area contributed by atoms with E-state index >= 15 is 0 Å². The molecule has 3 N–H and O–H groups in total. The van der Waals surface area contributed by atoms with Crippen molar-refractivity contribution in [3.63, 3.8) is 0 Å². The SMILES string of the molecule is O=C(Nc1cccc(C(=O)c2ccccc2)c1)NC1CCC(O)CC1. The van der Waals surface area contributed by atoms with Crippen LogP contribution in [0.5, 0.6) is 0 Å². The standard InChI is InChI=1S/C20H22N2O3/c23-18-11-9-16(10-12-18)21-20(25)22-17-8-4-7-15(13-17)19(24)14-5-2-1-3-6-14/h1-8,13,16,18,23H,9-12H2,(H2,21,22,25). The Morgan fingerprint density at radius 2 is 1.56 bits per heavy atom. The highest BCUT2D eigenvalue weighted by atomic mass is 16.3. The molecule has 1 aliphatic carbocycles. The van der Waals surface area contributed by atoms with E-state index in [4.69, 9.17) is 0 Å². The maximum Gasteiger partial charge on any atom is 0.319 e. The molecule has 0 unspecified atom stereocenters. The fourth-order valence-electron chi connectivity index (χ4n) is 3.07. The van der Waals surface area contributed by atoms with Gasteiger partial charge in [0.15, 0.2) is 5.78 Å². The first-order valence-corrected chi connectivity index (χ1v) is 8.57. The van der Waals surface area contributed by atoms with E-state index in [0.717, 1.165) is 12.8 Å². The minimum absolute atomic E-state index is 0.0778. The molecular formula is C20H22N2O3. The Labute approximate surface area is 147 Å². The summed E-state index contributed by atoms with van der Waals surface area (Å²) in [5, 5.41) is 15.2. The Hall–Kier alpha value is -2.66. The molecule has 2 aromatic rings. The number of rotatable bonds is 4. The minimum Gasteiger partial charge on any atom is -0.393 e. The van der Waals surface area contributed by atoms with Crippen LogP contribution in [-0.2, 0) is 0 Å². The van der Waals surface area contributed by atoms with Crippen molar-refractivity contribution in [3.8, 4) is 0 Å². The van der Waals surface area contributed by atoms with Crippen LogP contribution in [-0.4, -0.2) is 29.1 Å². The van der Waals surface area contributed by atoms with E-state index in [2.05, 4.69) is 10.6 Å². The zero-order chi connectivity index (χ0) is 17.6. The van der Waals surface area contributed by atoms with Gasteiger partial charge in [-0.1, -0.05) is 42.5 Å². The number of ketones is 1. The number of hydrogen-bond donors (Lipinski definition) is 3. The highest BCUT2D eigenvalue weighted by Gasteiger charge is 2.20. The van der Waals surface area contributed by atoms with Crippen molar-refractivity contribution in [2.24, 2.45) is 0 Å². The van der Waals surface area contributed by atoms with Crippen molar-refractivity contribution in [2.75, 3.05) is 5.32 Å². The van der Waals surface area contributed by atoms with Gasteiger partial charge in [0, 0.05) is 22.9 Å². The first kappa shape index (κ1) is 17.2. The van der Waals surface area contributed by atoms with E-state index in [0.29, 0.717) is 29.7 Å². The normalized spacial score (nSPS) is 19.9. The van der Waals surface area contributed by atoms with E-state index in [1.54, 1.807) is 36.4 Å². The van der Waals surface area contributed by atoms with E-state index in [9.17, 15) is 14.7 Å². The maximum absolute atomic E-state index is 12.5. The molecular weight excluding hydrogens is 316 g/mol. The lowest BCUT2D eigenvalue weighted by Gasteiger charge is -2.26. The average Bonchev–Trinajstić information content (AvgIpc) is 2.64. The summed E-state index contributed by atoms with van der Waals surface area (Å²) in [5.74, 6) is -0.0778. The zero-order valence-electron chi connectivity index (χ0n) is 13.9. The quantitative estimate of drug-likeness (QED) is 0.748. The molecule has 0 aromatic heterocycles. The Morgan fingerprint density at radius 3 is 2.28 bits per heavy atom. The van der Waals surface area contributed by atoms with Gasteiger partial charge < -0.3 is 15.7 Å². The summed E-state index contributed by atoms with van der Waals surface area (Å²) < 4.78 is 0. The van der Waals surface area contributed by atoms with E-state index in [1.165, 1.54) is 0 Å². The van der Waals surface area contributed by atoms with Crippen LogP contribution in [0, 0.1) is 0 Å². The number of carbonyl (C=O) groups is 2. The lowest BCUT2D eigenvalue weighted by molar-refractivity contribution is 0.103. The number of anilines is 1. The van der Waals surface area contributed by atoms with Gasteiger partial charge in [-0.2, -0.15) is 0 Å². The van der Waals surface area contributed by atoms with Crippen LogP contribution in [0.4, 0.5) is 10.5 Å². The number of benzene rings is 2. The predicted octanol–water partition coefficient (Wildman–Crippen LogP) is 3.34. The molecule has 2 amide bonds. The minimum atomic E-state index is -0.286. The summed E-state index contributed by atoms with van der Waals surface area (Å²) >= 11 is 0. The van der Waals surface area contributed by atoms with Crippen LogP contribution in [0.3, 0.4) is 0 Å². The second-order valence-corrected chi connectivity index (χ2v) is 6.38. The Kier molecular flexibility index (Phi) is 5.46. The topological polar surface area (TPSA) is 78.4 Å². The molecule has 1 saturated carbocycles. The molecule has 1 fully saturated rings. The van der Waals surface area contributed by atoms with Gasteiger partial charge in [-0.3, -0.25) is 4.79 Å². The van der Waals surface area contributed by atoms with Crippen molar-refractivity contribution < 1.29 is 14.7 Å². The van der Waals surface area contributed by atoms with Crippen molar-refractivity contribution in [1.29, 1.82) is 0 Å². The lowest BCUT2D eigenvalue weighted by Crippen LogP contribution is -2.40. The zero-order valence-corrected chi connectivity index (χ0v) is 13.9. The Balaban J connectivity index is 1.61. The first-order chi connectivity index (χ1) is 12.1. The molecule has 1 aliphatic rings. The van der Waals surface area contributed by atoms with E-state index < -0.39 is 0 Å². The van der Waals surface area contributed by atoms with Gasteiger partial charge >= 0.3 is 6.03 Å². The highest BCUT2D eigenvalue weighted by molar-refractivity contribution is 6.09. The largest absolute Gasteiger partial charge is 0.393 e. The Bertz CT molecular complexity index is 738. The summed E-state index contributed by atoms with van der Waals surface area (Å²) in [6.07, 6.45) is 2.74.